The van der Waals surface area contributed by atoms with Gasteiger partial charge in [0.2, 0.25) is 5.78 Å². The molecule has 0 atom stereocenters. The Morgan fingerprint density at radius 1 is 1.35 bits per heavy atom. The summed E-state index contributed by atoms with van der Waals surface area (Å²) in [5, 5.41) is 22.7. The van der Waals surface area contributed by atoms with Crippen molar-refractivity contribution in [1.82, 2.24) is 36.2 Å². The summed E-state index contributed by atoms with van der Waals surface area (Å²) in [7, 11) is 1.78. The largest absolute Gasteiger partial charge is 0.504 e. The van der Waals surface area contributed by atoms with Gasteiger partial charge < -0.3 is 20.7 Å². The molecule has 0 radical (unpaired) electrons. The topological polar surface area (TPSA) is 132 Å². The number of pyridine rings is 1. The fourth-order valence-corrected chi connectivity index (χ4v) is 4.19. The quantitative estimate of drug-likeness (QED) is 0.394. The van der Waals surface area contributed by atoms with Crippen LogP contribution in [0.4, 0.5) is 4.39 Å². The monoisotopic (exact) mass is 509 g/mol. The Kier molecular flexibility index (Phi) is 9.05. The van der Waals surface area contributed by atoms with E-state index in [1.54, 1.807) is 14.0 Å². The van der Waals surface area contributed by atoms with Crippen molar-refractivity contribution in [3.8, 4) is 0 Å². The number of ketones is 1. The van der Waals surface area contributed by atoms with Crippen LogP contribution in [0.5, 0.6) is 0 Å². The van der Waals surface area contributed by atoms with Crippen LogP contribution in [0.15, 0.2) is 29.8 Å². The second-order valence-electron chi connectivity index (χ2n) is 7.32. The zero-order valence-corrected chi connectivity index (χ0v) is 20.3. The molecule has 182 valence electrons. The first kappa shape index (κ1) is 25.7. The van der Waals surface area contributed by atoms with Crippen molar-refractivity contribution in [1.29, 1.82) is 0 Å². The number of halogens is 2. The van der Waals surface area contributed by atoms with Crippen LogP contribution in [-0.4, -0.2) is 63.7 Å². The van der Waals surface area contributed by atoms with Gasteiger partial charge in [0.05, 0.1) is 28.5 Å². The lowest BCUT2D eigenvalue weighted by Crippen LogP contribution is -2.44. The summed E-state index contributed by atoms with van der Waals surface area (Å²) in [5.41, 5.74) is 5.81. The SMILES string of the molecule is CCN1CNN/C=C(/c2nnc(Cc3ncc(Cl)cc3F)s2)C(=O)/C(O)=C(\CCCNC)C1=O. The second kappa shape index (κ2) is 12.0. The Balaban J connectivity index is 1.92. The van der Waals surface area contributed by atoms with Gasteiger partial charge in [-0.3, -0.25) is 14.6 Å². The number of aromatic nitrogens is 3. The smallest absolute Gasteiger partial charge is 0.254 e. The van der Waals surface area contributed by atoms with Gasteiger partial charge in [-0.05, 0) is 39.4 Å². The van der Waals surface area contributed by atoms with Crippen molar-refractivity contribution < 1.29 is 19.1 Å². The molecule has 0 saturated carbocycles. The van der Waals surface area contributed by atoms with Crippen LogP contribution in [0.25, 0.3) is 5.57 Å². The minimum absolute atomic E-state index is 0.0159. The average molecular weight is 510 g/mol. The molecule has 10 nitrogen and oxygen atoms in total. The number of hydrazine groups is 1. The molecule has 1 aliphatic rings. The maximum Gasteiger partial charge on any atom is 0.254 e. The van der Waals surface area contributed by atoms with Crippen molar-refractivity contribution in [2.45, 2.75) is 26.2 Å². The maximum atomic E-state index is 14.1. The molecule has 2 aromatic rings. The van der Waals surface area contributed by atoms with Gasteiger partial charge in [0.25, 0.3) is 5.91 Å². The summed E-state index contributed by atoms with van der Waals surface area (Å²) >= 11 is 6.80. The summed E-state index contributed by atoms with van der Waals surface area (Å²) in [6.07, 6.45) is 3.52. The van der Waals surface area contributed by atoms with Crippen LogP contribution in [0.1, 0.15) is 35.5 Å². The van der Waals surface area contributed by atoms with Gasteiger partial charge in [-0.25, -0.2) is 9.82 Å². The lowest BCUT2D eigenvalue weighted by Gasteiger charge is -2.24. The average Bonchev–Trinajstić information content (AvgIpc) is 3.27. The van der Waals surface area contributed by atoms with Crippen molar-refractivity contribution in [2.75, 3.05) is 26.8 Å². The number of carbonyl (C=O) groups excluding carboxylic acids is 2. The summed E-state index contributed by atoms with van der Waals surface area (Å²) < 4.78 is 14.1. The first-order valence-electron chi connectivity index (χ1n) is 10.6. The van der Waals surface area contributed by atoms with Crippen LogP contribution in [-0.2, 0) is 16.0 Å². The molecule has 3 rings (SSSR count). The van der Waals surface area contributed by atoms with E-state index in [0.717, 1.165) is 17.4 Å². The number of hydrogen-bond donors (Lipinski definition) is 4. The van der Waals surface area contributed by atoms with Gasteiger partial charge in [-0.2, -0.15) is 0 Å². The van der Waals surface area contributed by atoms with Crippen LogP contribution in [0.3, 0.4) is 0 Å². The molecule has 4 N–H and O–H groups in total. The van der Waals surface area contributed by atoms with E-state index in [0.29, 0.717) is 24.5 Å². The van der Waals surface area contributed by atoms with Crippen LogP contribution >= 0.6 is 22.9 Å². The summed E-state index contributed by atoms with van der Waals surface area (Å²) in [4.78, 5) is 31.7. The highest BCUT2D eigenvalue weighted by Crippen LogP contribution is 2.26. The number of aliphatic hydroxyl groups is 1. The van der Waals surface area contributed by atoms with Gasteiger partial charge >= 0.3 is 0 Å². The number of aliphatic hydroxyl groups excluding tert-OH is 1. The number of allylic oxidation sites excluding steroid dienone is 1. The lowest BCUT2D eigenvalue weighted by molar-refractivity contribution is -0.128. The molecular weight excluding hydrogens is 485 g/mol. The Morgan fingerprint density at radius 3 is 2.85 bits per heavy atom. The third-order valence-electron chi connectivity index (χ3n) is 5.01. The Hall–Kier alpha value is -2.93. The van der Waals surface area contributed by atoms with E-state index in [1.807, 2.05) is 0 Å². The van der Waals surface area contributed by atoms with E-state index in [9.17, 15) is 19.1 Å². The Labute approximate surface area is 204 Å². The first-order chi connectivity index (χ1) is 16.3. The fourth-order valence-electron chi connectivity index (χ4n) is 3.19. The van der Waals surface area contributed by atoms with Gasteiger partial charge in [-0.1, -0.05) is 22.9 Å². The van der Waals surface area contributed by atoms with Gasteiger partial charge in [0.15, 0.2) is 10.8 Å². The number of hydrogen-bond acceptors (Lipinski definition) is 10. The van der Waals surface area contributed by atoms with Gasteiger partial charge in [-0.15, -0.1) is 10.2 Å². The molecule has 3 heterocycles. The maximum absolute atomic E-state index is 14.1. The number of amides is 1. The number of Topliss-reactive ketones (excluding diaryl/α,β-unsaturated/α-hetero) is 1. The predicted molar refractivity (Wildman–Crippen MR) is 126 cm³/mol. The third kappa shape index (κ3) is 6.14. The Bertz CT molecular complexity index is 1120. The number of nitrogens with zero attached hydrogens (tertiary/aromatic N) is 4. The van der Waals surface area contributed by atoms with Crippen LogP contribution in [0.2, 0.25) is 5.02 Å². The molecule has 0 bridgehead atoms. The van der Waals surface area contributed by atoms with E-state index in [1.165, 1.54) is 17.3 Å². The van der Waals surface area contributed by atoms with Crippen molar-refractivity contribution in [3.05, 3.63) is 56.3 Å². The lowest BCUT2D eigenvalue weighted by atomic mass is 10.0. The highest BCUT2D eigenvalue weighted by molar-refractivity contribution is 7.12. The first-order valence-corrected chi connectivity index (χ1v) is 11.8. The predicted octanol–water partition coefficient (Wildman–Crippen LogP) is 1.95. The third-order valence-corrected chi connectivity index (χ3v) is 6.18. The highest BCUT2D eigenvalue weighted by Gasteiger charge is 2.29. The van der Waals surface area contributed by atoms with E-state index < -0.39 is 23.3 Å². The molecule has 0 unspecified atom stereocenters. The minimum Gasteiger partial charge on any atom is -0.504 e. The number of rotatable bonds is 8. The molecule has 2 aromatic heterocycles. The molecule has 0 aliphatic carbocycles. The summed E-state index contributed by atoms with van der Waals surface area (Å²) in [6, 6.07) is 1.16. The van der Waals surface area contributed by atoms with Crippen molar-refractivity contribution >= 4 is 40.2 Å². The molecule has 0 spiro atoms. The number of carbonyl (C=O) groups is 2. The normalized spacial score (nSPS) is 19.1. The molecule has 0 saturated heterocycles. The molecule has 0 fully saturated rings. The molecule has 1 aliphatic heterocycles. The van der Waals surface area contributed by atoms with E-state index in [-0.39, 0.29) is 46.4 Å². The zero-order chi connectivity index (χ0) is 24.7. The molecular formula is C21H25ClFN7O3S. The Morgan fingerprint density at radius 2 is 2.15 bits per heavy atom. The van der Waals surface area contributed by atoms with Crippen molar-refractivity contribution in [2.24, 2.45) is 0 Å². The van der Waals surface area contributed by atoms with E-state index in [2.05, 4.69) is 31.3 Å². The summed E-state index contributed by atoms with van der Waals surface area (Å²) in [5.74, 6) is -2.40. The zero-order valence-electron chi connectivity index (χ0n) is 18.7. The fraction of sp³-hybridized carbons (Fsp3) is 0.381. The van der Waals surface area contributed by atoms with Crippen LogP contribution < -0.4 is 16.2 Å². The minimum atomic E-state index is -0.765. The number of nitrogens with one attached hydrogen (secondary N) is 3. The van der Waals surface area contributed by atoms with Gasteiger partial charge in [0.1, 0.15) is 10.8 Å². The van der Waals surface area contributed by atoms with E-state index >= 15 is 0 Å². The highest BCUT2D eigenvalue weighted by atomic mass is 35.5. The molecule has 13 heteroatoms. The van der Waals surface area contributed by atoms with Crippen molar-refractivity contribution in [3.63, 3.8) is 0 Å². The van der Waals surface area contributed by atoms with Crippen LogP contribution in [0, 0.1) is 5.82 Å². The van der Waals surface area contributed by atoms with Gasteiger partial charge in [0, 0.05) is 25.4 Å². The van der Waals surface area contributed by atoms with E-state index in [4.69, 9.17) is 11.6 Å². The molecule has 34 heavy (non-hydrogen) atoms. The number of likely N-dealkylation sites (N-methyl/N-ethyl adjacent to an activating group) is 1. The molecule has 0 aromatic carbocycles. The second-order valence-corrected chi connectivity index (χ2v) is 8.82. The summed E-state index contributed by atoms with van der Waals surface area (Å²) in [6.45, 7) is 2.95. The standard InChI is InChI=1S/C21H25ClFN7O3S/c1-3-30-11-27-26-10-14(19(32)18(31)13(21(30)33)5-4-6-24-2)20-29-28-17(34-20)8-16-15(23)7-12(22)9-25-16/h7,9-10,24,26-27,31H,3-6,8,11H2,1-2H3/b14-10+,18-13-. The molecule has 1 amide bonds.